The number of carbonyl (C=O) groups is 3. The van der Waals surface area contributed by atoms with Gasteiger partial charge >= 0.3 is 11.9 Å². The number of hydrogen-bond donors (Lipinski definition) is 2. The van der Waals surface area contributed by atoms with E-state index >= 15 is 0 Å². The monoisotopic (exact) mass is 470 g/mol. The molecule has 2 N–H and O–H groups in total. The number of rotatable bonds is 4. The number of nitrogens with one attached hydrogen (secondary N) is 1. The SMILES string of the molecule is Bc1ccc2[nH]c3c(c2c1)CCN1C=C(C(=O)c2ccccc2O)C=C(C(=O)OC)C31C(=O)OC. The van der Waals surface area contributed by atoms with Crippen molar-refractivity contribution in [1.82, 2.24) is 9.88 Å². The summed E-state index contributed by atoms with van der Waals surface area (Å²) in [6, 6.07) is 12.1. The van der Waals surface area contributed by atoms with Crippen LogP contribution in [0.2, 0.25) is 0 Å². The molecule has 2 aliphatic rings. The molecule has 176 valence electrons. The van der Waals surface area contributed by atoms with Gasteiger partial charge in [0.15, 0.2) is 5.78 Å². The highest BCUT2D eigenvalue weighted by Crippen LogP contribution is 2.47. The molecule has 2 aromatic carbocycles. The Bertz CT molecular complexity index is 1470. The van der Waals surface area contributed by atoms with Crippen molar-refractivity contribution in [2.45, 2.75) is 12.0 Å². The summed E-state index contributed by atoms with van der Waals surface area (Å²) >= 11 is 0. The molecule has 1 atom stereocenters. The largest absolute Gasteiger partial charge is 0.507 e. The summed E-state index contributed by atoms with van der Waals surface area (Å²) in [5, 5.41) is 11.2. The van der Waals surface area contributed by atoms with Gasteiger partial charge in [-0.15, -0.1) is 0 Å². The predicted octanol–water partition coefficient (Wildman–Crippen LogP) is 1.24. The fourth-order valence-corrected chi connectivity index (χ4v) is 5.13. The normalized spacial score (nSPS) is 18.7. The van der Waals surface area contributed by atoms with Crippen LogP contribution in [-0.2, 0) is 31.0 Å². The number of Topliss-reactive ketones (excluding diaryl/α,β-unsaturated/α-hetero) is 1. The number of aromatic nitrogens is 1. The van der Waals surface area contributed by atoms with Crippen LogP contribution in [0.3, 0.4) is 0 Å². The summed E-state index contributed by atoms with van der Waals surface area (Å²) < 4.78 is 10.3. The Morgan fingerprint density at radius 1 is 1.11 bits per heavy atom. The predicted molar refractivity (Wildman–Crippen MR) is 131 cm³/mol. The second-order valence-corrected chi connectivity index (χ2v) is 8.65. The number of carbonyl (C=O) groups excluding carboxylic acids is 3. The van der Waals surface area contributed by atoms with Crippen molar-refractivity contribution >= 4 is 41.9 Å². The van der Waals surface area contributed by atoms with Crippen LogP contribution >= 0.6 is 0 Å². The fourth-order valence-electron chi connectivity index (χ4n) is 5.13. The van der Waals surface area contributed by atoms with Crippen LogP contribution in [0, 0.1) is 0 Å². The third kappa shape index (κ3) is 3.19. The first-order valence-electron chi connectivity index (χ1n) is 11.1. The molecule has 0 fully saturated rings. The average molecular weight is 470 g/mol. The molecule has 0 amide bonds. The van der Waals surface area contributed by atoms with Crippen molar-refractivity contribution in [1.29, 1.82) is 0 Å². The summed E-state index contributed by atoms with van der Waals surface area (Å²) in [6.45, 7) is 0.342. The van der Waals surface area contributed by atoms with Crippen molar-refractivity contribution in [3.05, 3.63) is 82.7 Å². The number of benzene rings is 2. The van der Waals surface area contributed by atoms with Gasteiger partial charge in [0.25, 0.3) is 0 Å². The summed E-state index contributed by atoms with van der Waals surface area (Å²) in [5.74, 6) is -2.10. The lowest BCUT2D eigenvalue weighted by atomic mass is 9.75. The molecule has 3 aromatic rings. The molecule has 0 spiro atoms. The summed E-state index contributed by atoms with van der Waals surface area (Å²) in [5.41, 5.74) is 1.84. The van der Waals surface area contributed by atoms with Gasteiger partial charge in [-0.25, -0.2) is 9.59 Å². The number of fused-ring (bicyclic) bond motifs is 5. The van der Waals surface area contributed by atoms with Gasteiger partial charge in [0.2, 0.25) is 5.54 Å². The van der Waals surface area contributed by atoms with Gasteiger partial charge in [0.1, 0.15) is 13.6 Å². The third-order valence-corrected chi connectivity index (χ3v) is 6.74. The van der Waals surface area contributed by atoms with E-state index in [0.717, 1.165) is 21.9 Å². The van der Waals surface area contributed by atoms with Crippen LogP contribution in [-0.4, -0.2) is 61.3 Å². The Balaban J connectivity index is 1.77. The lowest BCUT2D eigenvalue weighted by Gasteiger charge is -2.46. The molecule has 2 aliphatic heterocycles. The molecule has 0 bridgehead atoms. The van der Waals surface area contributed by atoms with Gasteiger partial charge in [-0.05, 0) is 36.3 Å². The summed E-state index contributed by atoms with van der Waals surface area (Å²) in [7, 11) is 4.47. The van der Waals surface area contributed by atoms with E-state index in [1.54, 1.807) is 23.2 Å². The van der Waals surface area contributed by atoms with Gasteiger partial charge in [0, 0.05) is 29.2 Å². The maximum absolute atomic E-state index is 13.6. The first-order chi connectivity index (χ1) is 16.8. The molecule has 5 rings (SSSR count). The number of phenolic OH excluding ortho intramolecular Hbond substituents is 1. The molecule has 0 saturated heterocycles. The molecular formula is C26H23BN2O6. The number of aromatic amines is 1. The van der Waals surface area contributed by atoms with Gasteiger partial charge in [-0.3, -0.25) is 4.79 Å². The molecule has 0 radical (unpaired) electrons. The van der Waals surface area contributed by atoms with Gasteiger partial charge in [-0.1, -0.05) is 29.7 Å². The summed E-state index contributed by atoms with van der Waals surface area (Å²) in [6.07, 6.45) is 3.48. The maximum atomic E-state index is 13.6. The van der Waals surface area contributed by atoms with Crippen molar-refractivity contribution in [2.75, 3.05) is 20.8 Å². The lowest BCUT2D eigenvalue weighted by Crippen LogP contribution is -2.58. The number of ether oxygens (including phenoxy) is 2. The molecule has 0 saturated carbocycles. The van der Waals surface area contributed by atoms with Crippen LogP contribution in [0.25, 0.3) is 10.9 Å². The fraction of sp³-hybridized carbons (Fsp3) is 0.192. The number of nitrogens with zero attached hydrogens (tertiary/aromatic N) is 1. The van der Waals surface area contributed by atoms with Gasteiger partial charge in [0.05, 0.1) is 31.1 Å². The minimum atomic E-state index is -1.66. The van der Waals surface area contributed by atoms with Crippen LogP contribution in [0.5, 0.6) is 5.75 Å². The van der Waals surface area contributed by atoms with Crippen molar-refractivity contribution in [3.8, 4) is 5.75 Å². The molecular weight excluding hydrogens is 447 g/mol. The van der Waals surface area contributed by atoms with Crippen LogP contribution in [0.1, 0.15) is 21.6 Å². The molecule has 0 aliphatic carbocycles. The second-order valence-electron chi connectivity index (χ2n) is 8.65. The van der Waals surface area contributed by atoms with Crippen molar-refractivity contribution in [2.24, 2.45) is 0 Å². The number of para-hydroxylation sites is 1. The van der Waals surface area contributed by atoms with E-state index in [1.807, 2.05) is 26.0 Å². The van der Waals surface area contributed by atoms with Crippen LogP contribution < -0.4 is 5.46 Å². The number of esters is 2. The van der Waals surface area contributed by atoms with Crippen LogP contribution in [0.4, 0.5) is 0 Å². The van der Waals surface area contributed by atoms with E-state index in [4.69, 9.17) is 9.47 Å². The molecule has 35 heavy (non-hydrogen) atoms. The Morgan fingerprint density at radius 2 is 1.89 bits per heavy atom. The highest BCUT2D eigenvalue weighted by atomic mass is 16.5. The molecule has 8 nitrogen and oxygen atoms in total. The van der Waals surface area contributed by atoms with E-state index < -0.39 is 23.3 Å². The van der Waals surface area contributed by atoms with Crippen molar-refractivity contribution in [3.63, 3.8) is 0 Å². The minimum Gasteiger partial charge on any atom is -0.507 e. The van der Waals surface area contributed by atoms with E-state index in [1.165, 1.54) is 32.4 Å². The van der Waals surface area contributed by atoms with E-state index in [2.05, 4.69) is 4.98 Å². The molecule has 1 aromatic heterocycles. The molecule has 1 unspecified atom stereocenters. The number of allylic oxidation sites excluding steroid dienone is 2. The zero-order chi connectivity index (χ0) is 24.9. The Hall–Kier alpha value is -4.27. The van der Waals surface area contributed by atoms with Gasteiger partial charge in [-0.2, -0.15) is 0 Å². The highest BCUT2D eigenvalue weighted by molar-refractivity contribution is 6.33. The topological polar surface area (TPSA) is 109 Å². The summed E-state index contributed by atoms with van der Waals surface area (Å²) in [4.78, 5) is 45.1. The number of methoxy groups -OCH3 is 2. The smallest absolute Gasteiger partial charge is 0.343 e. The average Bonchev–Trinajstić information content (AvgIpc) is 3.25. The number of hydrogen-bond acceptors (Lipinski definition) is 7. The van der Waals surface area contributed by atoms with Gasteiger partial charge < -0.3 is 24.5 Å². The number of ketones is 1. The zero-order valence-corrected chi connectivity index (χ0v) is 19.5. The second kappa shape index (κ2) is 8.20. The third-order valence-electron chi connectivity index (χ3n) is 6.74. The minimum absolute atomic E-state index is 0.0441. The highest BCUT2D eigenvalue weighted by Gasteiger charge is 2.58. The first kappa shape index (κ1) is 22.5. The molecule has 3 heterocycles. The quantitative estimate of drug-likeness (QED) is 0.336. The number of H-pyrrole nitrogens is 1. The van der Waals surface area contributed by atoms with E-state index in [-0.39, 0.29) is 22.5 Å². The maximum Gasteiger partial charge on any atom is 0.343 e. The number of aromatic hydroxyl groups is 1. The Kier molecular flexibility index (Phi) is 5.27. The Morgan fingerprint density at radius 3 is 2.60 bits per heavy atom. The van der Waals surface area contributed by atoms with E-state index in [0.29, 0.717) is 18.7 Å². The van der Waals surface area contributed by atoms with Crippen LogP contribution in [0.15, 0.2) is 65.9 Å². The number of phenols is 1. The van der Waals surface area contributed by atoms with E-state index in [9.17, 15) is 19.5 Å². The Labute approximate surface area is 202 Å². The molecule has 9 heteroatoms. The zero-order valence-electron chi connectivity index (χ0n) is 19.5. The standard InChI is InChI=1S/C26H23BN2O6/c1-34-24(32)19-11-14(22(31)17-5-3-4-6-21(17)30)13-29-10-9-16-18-12-15(27)7-8-20(18)28-23(16)26(19,29)25(33)35-2/h3-8,11-13,28,30H,9-10,27H2,1-2H3. The lowest BCUT2D eigenvalue weighted by molar-refractivity contribution is -0.156. The van der Waals surface area contributed by atoms with Crippen molar-refractivity contribution < 1.29 is 29.0 Å². The first-order valence-corrected chi connectivity index (χ1v) is 11.1.